The number of pyridine rings is 1. The van der Waals surface area contributed by atoms with Crippen LogP contribution in [0.4, 0.5) is 0 Å². The van der Waals surface area contributed by atoms with Crippen molar-refractivity contribution in [1.82, 2.24) is 9.88 Å². The lowest BCUT2D eigenvalue weighted by atomic mass is 9.92. The molecule has 3 aromatic rings. The number of nitrogens with zero attached hydrogens (tertiary/aromatic N) is 2. The fourth-order valence-electron chi connectivity index (χ4n) is 4.09. The summed E-state index contributed by atoms with van der Waals surface area (Å²) >= 11 is 0. The minimum Gasteiger partial charge on any atom is -0.507 e. The molecule has 1 N–H and O–H groups in total. The van der Waals surface area contributed by atoms with E-state index in [1.54, 1.807) is 36.7 Å². The topological polar surface area (TPSA) is 89.0 Å². The fourth-order valence-corrected chi connectivity index (χ4v) is 4.09. The summed E-state index contributed by atoms with van der Waals surface area (Å²) in [5.74, 6) is -0.858. The van der Waals surface area contributed by atoms with Crippen LogP contribution < -0.4 is 9.47 Å². The predicted molar refractivity (Wildman–Crippen MR) is 123 cm³/mol. The monoisotopic (exact) mass is 444 g/mol. The Morgan fingerprint density at radius 1 is 1.06 bits per heavy atom. The zero-order valence-corrected chi connectivity index (χ0v) is 18.6. The van der Waals surface area contributed by atoms with E-state index in [9.17, 15) is 14.7 Å². The number of aryl methyl sites for hydroxylation is 1. The third kappa shape index (κ3) is 4.05. The van der Waals surface area contributed by atoms with E-state index in [4.69, 9.17) is 9.47 Å². The smallest absolute Gasteiger partial charge is 0.295 e. The third-order valence-corrected chi connectivity index (χ3v) is 5.76. The Kier molecular flexibility index (Phi) is 6.13. The van der Waals surface area contributed by atoms with Gasteiger partial charge in [0.15, 0.2) is 0 Å². The van der Waals surface area contributed by atoms with E-state index in [2.05, 4.69) is 4.98 Å². The highest BCUT2D eigenvalue weighted by molar-refractivity contribution is 6.46. The van der Waals surface area contributed by atoms with Crippen molar-refractivity contribution in [2.24, 2.45) is 0 Å². The van der Waals surface area contributed by atoms with Crippen molar-refractivity contribution in [2.45, 2.75) is 19.5 Å². The summed E-state index contributed by atoms with van der Waals surface area (Å²) in [6.07, 6.45) is 3.30. The minimum atomic E-state index is -0.766. The lowest BCUT2D eigenvalue weighted by Crippen LogP contribution is -2.29. The van der Waals surface area contributed by atoms with Gasteiger partial charge in [-0.25, -0.2) is 0 Å². The van der Waals surface area contributed by atoms with Gasteiger partial charge < -0.3 is 19.5 Å². The molecular weight excluding hydrogens is 420 g/mol. The molecule has 0 radical (unpaired) electrons. The Morgan fingerprint density at radius 2 is 1.85 bits per heavy atom. The first-order valence-electron chi connectivity index (χ1n) is 10.4. The number of benzene rings is 2. The van der Waals surface area contributed by atoms with Crippen LogP contribution in [0.2, 0.25) is 0 Å². The molecule has 2 heterocycles. The van der Waals surface area contributed by atoms with Gasteiger partial charge in [-0.1, -0.05) is 30.3 Å². The maximum Gasteiger partial charge on any atom is 0.295 e. The number of rotatable bonds is 6. The molecule has 168 valence electrons. The Labute approximate surface area is 191 Å². The molecule has 1 aliphatic rings. The lowest BCUT2D eigenvalue weighted by molar-refractivity contribution is -0.140. The van der Waals surface area contributed by atoms with Crippen molar-refractivity contribution in [3.05, 3.63) is 94.8 Å². The predicted octanol–water partition coefficient (Wildman–Crippen LogP) is 4.03. The summed E-state index contributed by atoms with van der Waals surface area (Å²) in [5.41, 5.74) is 2.75. The summed E-state index contributed by atoms with van der Waals surface area (Å²) in [4.78, 5) is 32.0. The van der Waals surface area contributed by atoms with Crippen molar-refractivity contribution in [2.75, 3.05) is 14.2 Å². The van der Waals surface area contributed by atoms with Crippen LogP contribution in [0.3, 0.4) is 0 Å². The van der Waals surface area contributed by atoms with Gasteiger partial charge in [0.05, 0.1) is 31.4 Å². The number of aromatic nitrogens is 1. The van der Waals surface area contributed by atoms with Crippen molar-refractivity contribution < 1.29 is 24.2 Å². The van der Waals surface area contributed by atoms with Crippen LogP contribution in [0.25, 0.3) is 5.76 Å². The highest BCUT2D eigenvalue weighted by atomic mass is 16.5. The molecule has 7 heteroatoms. The Bertz CT molecular complexity index is 1240. The van der Waals surface area contributed by atoms with Crippen LogP contribution >= 0.6 is 0 Å². The number of carbonyl (C=O) groups excluding carboxylic acids is 2. The average Bonchev–Trinajstić information content (AvgIpc) is 3.09. The number of methoxy groups -OCH3 is 2. The normalized spacial score (nSPS) is 17.3. The van der Waals surface area contributed by atoms with Crippen molar-refractivity contribution in [1.29, 1.82) is 0 Å². The van der Waals surface area contributed by atoms with Gasteiger partial charge in [0, 0.05) is 25.0 Å². The van der Waals surface area contributed by atoms with E-state index in [0.29, 0.717) is 17.1 Å². The van der Waals surface area contributed by atoms with Crippen LogP contribution in [-0.2, 0) is 16.1 Å². The van der Waals surface area contributed by atoms with Gasteiger partial charge in [-0.2, -0.15) is 0 Å². The lowest BCUT2D eigenvalue weighted by Gasteiger charge is -2.26. The first-order chi connectivity index (χ1) is 16.0. The van der Waals surface area contributed by atoms with E-state index in [1.165, 1.54) is 19.1 Å². The van der Waals surface area contributed by atoms with E-state index in [0.717, 1.165) is 16.7 Å². The summed E-state index contributed by atoms with van der Waals surface area (Å²) in [7, 11) is 2.99. The molecule has 0 aliphatic carbocycles. The summed E-state index contributed by atoms with van der Waals surface area (Å²) < 4.78 is 10.7. The fraction of sp³-hybridized carbons (Fsp3) is 0.192. The molecule has 1 aliphatic heterocycles. The molecule has 2 aromatic carbocycles. The van der Waals surface area contributed by atoms with Crippen LogP contribution in [0.15, 0.2) is 72.6 Å². The SMILES string of the molecule is COc1ccc(/C(O)=C2\C(=O)C(=O)N(Cc3cccnc3)C2c2ccccc2C)c(OC)c1. The second kappa shape index (κ2) is 9.16. The number of hydrogen-bond donors (Lipinski definition) is 1. The van der Waals surface area contributed by atoms with Crippen molar-refractivity contribution in [3.8, 4) is 11.5 Å². The molecule has 0 spiro atoms. The Balaban J connectivity index is 1.91. The quantitative estimate of drug-likeness (QED) is 0.351. The van der Waals surface area contributed by atoms with Gasteiger partial charge in [0.25, 0.3) is 11.7 Å². The van der Waals surface area contributed by atoms with E-state index in [-0.39, 0.29) is 17.9 Å². The molecular formula is C26H24N2O5. The number of carbonyl (C=O) groups is 2. The molecule has 4 rings (SSSR count). The van der Waals surface area contributed by atoms with Crippen LogP contribution in [0.5, 0.6) is 11.5 Å². The van der Waals surface area contributed by atoms with Crippen molar-refractivity contribution in [3.63, 3.8) is 0 Å². The number of ketones is 1. The summed E-state index contributed by atoms with van der Waals surface area (Å²) in [6.45, 7) is 2.08. The molecule has 1 unspecified atom stereocenters. The largest absolute Gasteiger partial charge is 0.507 e. The standard InChI is InChI=1S/C26H24N2O5/c1-16-7-4-5-9-19(16)23-22(24(29)20-11-10-18(32-2)13-21(20)33-3)25(30)26(31)28(23)15-17-8-6-12-27-14-17/h4-14,23,29H,15H2,1-3H3/b24-22+. The number of amides is 1. The van der Waals surface area contributed by atoms with Gasteiger partial charge >= 0.3 is 0 Å². The van der Waals surface area contributed by atoms with Gasteiger partial charge in [-0.05, 0) is 41.8 Å². The maximum absolute atomic E-state index is 13.2. The number of ether oxygens (including phenoxy) is 2. The number of aliphatic hydroxyl groups is 1. The van der Waals surface area contributed by atoms with Crippen LogP contribution in [0.1, 0.15) is 28.3 Å². The van der Waals surface area contributed by atoms with Crippen LogP contribution in [-0.4, -0.2) is 40.9 Å². The second-order valence-corrected chi connectivity index (χ2v) is 7.71. The maximum atomic E-state index is 13.2. The summed E-state index contributed by atoms with van der Waals surface area (Å²) in [6, 6.07) is 15.2. The number of aliphatic hydroxyl groups excluding tert-OH is 1. The molecule has 1 atom stereocenters. The minimum absolute atomic E-state index is 0.0154. The van der Waals surface area contributed by atoms with Crippen molar-refractivity contribution >= 4 is 17.4 Å². The average molecular weight is 444 g/mol. The van der Waals surface area contributed by atoms with E-state index >= 15 is 0 Å². The molecule has 1 fully saturated rings. The highest BCUT2D eigenvalue weighted by Crippen LogP contribution is 2.43. The Hall–Kier alpha value is -4.13. The molecule has 1 aromatic heterocycles. The van der Waals surface area contributed by atoms with Gasteiger partial charge in [0.2, 0.25) is 0 Å². The number of hydrogen-bond acceptors (Lipinski definition) is 6. The molecule has 1 amide bonds. The van der Waals surface area contributed by atoms with E-state index < -0.39 is 17.7 Å². The Morgan fingerprint density at radius 3 is 2.52 bits per heavy atom. The zero-order valence-electron chi connectivity index (χ0n) is 18.6. The van der Waals surface area contributed by atoms with E-state index in [1.807, 2.05) is 37.3 Å². The zero-order chi connectivity index (χ0) is 23.5. The molecule has 0 bridgehead atoms. The first kappa shape index (κ1) is 22.1. The highest BCUT2D eigenvalue weighted by Gasteiger charge is 2.46. The number of Topliss-reactive ketones (excluding diaryl/α,β-unsaturated/α-hetero) is 1. The van der Waals surface area contributed by atoms with Gasteiger partial charge in [-0.3, -0.25) is 14.6 Å². The second-order valence-electron chi connectivity index (χ2n) is 7.71. The van der Waals surface area contributed by atoms with Gasteiger partial charge in [-0.15, -0.1) is 0 Å². The molecule has 7 nitrogen and oxygen atoms in total. The number of likely N-dealkylation sites (tertiary alicyclic amines) is 1. The molecule has 0 saturated carbocycles. The van der Waals surface area contributed by atoms with Gasteiger partial charge in [0.1, 0.15) is 17.3 Å². The molecule has 33 heavy (non-hydrogen) atoms. The third-order valence-electron chi connectivity index (χ3n) is 5.76. The molecule has 1 saturated heterocycles. The van der Waals surface area contributed by atoms with Crippen LogP contribution in [0, 0.1) is 6.92 Å². The summed E-state index contributed by atoms with van der Waals surface area (Å²) in [5, 5.41) is 11.3. The first-order valence-corrected chi connectivity index (χ1v) is 10.4.